The minimum Gasteiger partial charge on any atom is -0.295 e. The molecule has 1 unspecified atom stereocenters. The van der Waals surface area contributed by atoms with E-state index in [1.54, 1.807) is 0 Å². The van der Waals surface area contributed by atoms with Crippen molar-refractivity contribution >= 4 is 15.9 Å². The van der Waals surface area contributed by atoms with Crippen molar-refractivity contribution in [2.24, 2.45) is 5.41 Å². The van der Waals surface area contributed by atoms with Crippen LogP contribution in [0.4, 0.5) is 0 Å². The van der Waals surface area contributed by atoms with E-state index in [0.29, 0.717) is 6.04 Å². The van der Waals surface area contributed by atoms with Crippen LogP contribution in [-0.2, 0) is 0 Å². The van der Waals surface area contributed by atoms with E-state index < -0.39 is 0 Å². The first kappa shape index (κ1) is 9.86. The molecule has 80 valence electrons. The summed E-state index contributed by atoms with van der Waals surface area (Å²) in [4.78, 5) is 2.59. The summed E-state index contributed by atoms with van der Waals surface area (Å²) in [7, 11) is 0. The first-order valence-electron chi connectivity index (χ1n) is 5.68. The molecule has 0 bridgehead atoms. The second kappa shape index (κ2) is 3.33. The minimum absolute atomic E-state index is 0.587. The maximum atomic E-state index is 3.48. The lowest BCUT2D eigenvalue weighted by molar-refractivity contribution is 0.0429. The predicted octanol–water partition coefficient (Wildman–Crippen LogP) is 3.61. The lowest BCUT2D eigenvalue weighted by Crippen LogP contribution is -2.49. The normalized spacial score (nSPS) is 24.9. The van der Waals surface area contributed by atoms with Crippen LogP contribution in [0.25, 0.3) is 0 Å². The van der Waals surface area contributed by atoms with Gasteiger partial charge in [-0.1, -0.05) is 28.1 Å². The van der Waals surface area contributed by atoms with Crippen molar-refractivity contribution in [3.8, 4) is 0 Å². The topological polar surface area (TPSA) is 3.24 Å². The molecule has 2 fully saturated rings. The minimum atomic E-state index is 0.587. The van der Waals surface area contributed by atoms with E-state index in [0.717, 1.165) is 5.41 Å². The Kier molecular flexibility index (Phi) is 2.18. The maximum Gasteiger partial charge on any atom is 0.0320 e. The molecule has 0 radical (unpaired) electrons. The molecule has 1 aromatic rings. The Morgan fingerprint density at radius 1 is 1.20 bits per heavy atom. The van der Waals surface area contributed by atoms with Crippen LogP contribution < -0.4 is 0 Å². The molecule has 3 rings (SSSR count). The van der Waals surface area contributed by atoms with E-state index >= 15 is 0 Å². The molecular formula is C13H16BrN. The van der Waals surface area contributed by atoms with Crippen LogP contribution in [0.2, 0.25) is 0 Å². The lowest BCUT2D eigenvalue weighted by atomic mass is 9.92. The highest BCUT2D eigenvalue weighted by atomic mass is 79.9. The lowest BCUT2D eigenvalue weighted by Gasteiger charge is -2.44. The summed E-state index contributed by atoms with van der Waals surface area (Å²) in [6.07, 6.45) is 2.94. The molecule has 0 aromatic heterocycles. The molecule has 2 aliphatic rings. The first-order valence-corrected chi connectivity index (χ1v) is 6.47. The van der Waals surface area contributed by atoms with E-state index in [1.807, 2.05) is 0 Å². The highest BCUT2D eigenvalue weighted by Gasteiger charge is 2.53. The molecule has 1 aliphatic heterocycles. The summed E-state index contributed by atoms with van der Waals surface area (Å²) < 4.78 is 1.17. The third-order valence-corrected chi connectivity index (χ3v) is 4.46. The number of benzene rings is 1. The Labute approximate surface area is 99.6 Å². The number of hydrogen-bond donors (Lipinski definition) is 0. The quantitative estimate of drug-likeness (QED) is 0.790. The van der Waals surface area contributed by atoms with Crippen molar-refractivity contribution in [3.63, 3.8) is 0 Å². The zero-order chi connectivity index (χ0) is 10.5. The van der Waals surface area contributed by atoms with Crippen LogP contribution in [-0.4, -0.2) is 18.0 Å². The third kappa shape index (κ3) is 1.74. The van der Waals surface area contributed by atoms with Gasteiger partial charge in [0.15, 0.2) is 0 Å². The van der Waals surface area contributed by atoms with Crippen molar-refractivity contribution in [1.29, 1.82) is 0 Å². The van der Waals surface area contributed by atoms with Crippen LogP contribution in [0, 0.1) is 5.41 Å². The van der Waals surface area contributed by atoms with Gasteiger partial charge in [0, 0.05) is 23.6 Å². The van der Waals surface area contributed by atoms with Gasteiger partial charge in [0.25, 0.3) is 0 Å². The number of hydrogen-bond acceptors (Lipinski definition) is 1. The van der Waals surface area contributed by atoms with Gasteiger partial charge in [-0.2, -0.15) is 0 Å². The highest BCUT2D eigenvalue weighted by Crippen LogP contribution is 2.54. The van der Waals surface area contributed by atoms with Gasteiger partial charge in [0.05, 0.1) is 0 Å². The van der Waals surface area contributed by atoms with Gasteiger partial charge in [-0.25, -0.2) is 0 Å². The third-order valence-electron chi connectivity index (χ3n) is 3.93. The Bertz CT molecular complexity index is 359. The standard InChI is InChI=1S/C13H16BrN/c1-10(11-2-4-12(14)5-3-11)15-8-13(9-15)6-7-13/h2-5,10H,6-9H2,1H3. The molecule has 2 heteroatoms. The average molecular weight is 266 g/mol. The second-order valence-electron chi connectivity index (χ2n) is 5.13. The van der Waals surface area contributed by atoms with Crippen molar-refractivity contribution in [1.82, 2.24) is 4.90 Å². The summed E-state index contributed by atoms with van der Waals surface area (Å²) in [6.45, 7) is 4.97. The zero-order valence-corrected chi connectivity index (χ0v) is 10.6. The molecule has 1 aliphatic carbocycles. The molecule has 1 nitrogen and oxygen atoms in total. The van der Waals surface area contributed by atoms with Gasteiger partial charge < -0.3 is 0 Å². The zero-order valence-electron chi connectivity index (χ0n) is 9.04. The Hall–Kier alpha value is -0.340. The van der Waals surface area contributed by atoms with Gasteiger partial charge in [-0.05, 0) is 42.9 Å². The molecule has 0 N–H and O–H groups in total. The molecule has 1 saturated carbocycles. The summed E-state index contributed by atoms with van der Waals surface area (Å²) in [5.41, 5.74) is 2.21. The van der Waals surface area contributed by atoms with Crippen LogP contribution in [0.1, 0.15) is 31.4 Å². The van der Waals surface area contributed by atoms with Gasteiger partial charge in [0.2, 0.25) is 0 Å². The van der Waals surface area contributed by atoms with Crippen LogP contribution in [0.3, 0.4) is 0 Å². The van der Waals surface area contributed by atoms with Crippen LogP contribution in [0.5, 0.6) is 0 Å². The van der Waals surface area contributed by atoms with Gasteiger partial charge in [-0.3, -0.25) is 4.90 Å². The summed E-state index contributed by atoms with van der Waals surface area (Å²) >= 11 is 3.48. The molecule has 1 spiro atoms. The van der Waals surface area contributed by atoms with Crippen LogP contribution >= 0.6 is 15.9 Å². The Balaban J connectivity index is 1.69. The van der Waals surface area contributed by atoms with E-state index in [9.17, 15) is 0 Å². The molecule has 1 atom stereocenters. The number of halogens is 1. The Morgan fingerprint density at radius 2 is 1.80 bits per heavy atom. The summed E-state index contributed by atoms with van der Waals surface area (Å²) in [5.74, 6) is 0. The summed E-state index contributed by atoms with van der Waals surface area (Å²) in [6, 6.07) is 9.32. The SMILES string of the molecule is CC(c1ccc(Br)cc1)N1CC2(CC2)C1. The van der Waals surface area contributed by atoms with Gasteiger partial charge >= 0.3 is 0 Å². The molecule has 1 aromatic carbocycles. The fourth-order valence-corrected chi connectivity index (χ4v) is 2.80. The maximum absolute atomic E-state index is 3.48. The van der Waals surface area contributed by atoms with E-state index in [-0.39, 0.29) is 0 Å². The van der Waals surface area contributed by atoms with E-state index in [4.69, 9.17) is 0 Å². The largest absolute Gasteiger partial charge is 0.295 e. The molecule has 1 heterocycles. The number of likely N-dealkylation sites (tertiary alicyclic amines) is 1. The summed E-state index contributed by atoms with van der Waals surface area (Å²) in [5, 5.41) is 0. The number of nitrogens with zero attached hydrogens (tertiary/aromatic N) is 1. The molecular weight excluding hydrogens is 250 g/mol. The van der Waals surface area contributed by atoms with Crippen molar-refractivity contribution in [2.45, 2.75) is 25.8 Å². The monoisotopic (exact) mass is 265 g/mol. The first-order chi connectivity index (χ1) is 7.19. The second-order valence-corrected chi connectivity index (χ2v) is 6.05. The van der Waals surface area contributed by atoms with E-state index in [1.165, 1.54) is 36.0 Å². The number of rotatable bonds is 2. The van der Waals surface area contributed by atoms with Gasteiger partial charge in [0.1, 0.15) is 0 Å². The molecule has 0 amide bonds. The highest BCUT2D eigenvalue weighted by molar-refractivity contribution is 9.10. The average Bonchev–Trinajstić information content (AvgIpc) is 2.95. The van der Waals surface area contributed by atoms with E-state index in [2.05, 4.69) is 52.0 Å². The van der Waals surface area contributed by atoms with Gasteiger partial charge in [-0.15, -0.1) is 0 Å². The fraction of sp³-hybridized carbons (Fsp3) is 0.538. The molecule has 15 heavy (non-hydrogen) atoms. The predicted molar refractivity (Wildman–Crippen MR) is 65.8 cm³/mol. The van der Waals surface area contributed by atoms with Crippen molar-refractivity contribution < 1.29 is 0 Å². The van der Waals surface area contributed by atoms with Crippen molar-refractivity contribution in [3.05, 3.63) is 34.3 Å². The smallest absolute Gasteiger partial charge is 0.0320 e. The van der Waals surface area contributed by atoms with Crippen LogP contribution in [0.15, 0.2) is 28.7 Å². The fourth-order valence-electron chi connectivity index (χ4n) is 2.53. The Morgan fingerprint density at radius 3 is 2.33 bits per heavy atom. The molecule has 1 saturated heterocycles. The van der Waals surface area contributed by atoms with Crippen molar-refractivity contribution in [2.75, 3.05) is 13.1 Å².